The summed E-state index contributed by atoms with van der Waals surface area (Å²) in [6.07, 6.45) is -0.829. The predicted molar refractivity (Wildman–Crippen MR) is 109 cm³/mol. The van der Waals surface area contributed by atoms with E-state index in [2.05, 4.69) is 0 Å². The summed E-state index contributed by atoms with van der Waals surface area (Å²) in [5, 5.41) is -0.377. The summed E-state index contributed by atoms with van der Waals surface area (Å²) < 4.78 is 11.2. The minimum absolute atomic E-state index is 0.119. The van der Waals surface area contributed by atoms with Crippen LogP contribution in [0.25, 0.3) is 0 Å². The maximum Gasteiger partial charge on any atom is 0.414 e. The third kappa shape index (κ3) is 4.45. The van der Waals surface area contributed by atoms with Crippen LogP contribution in [0.1, 0.15) is 5.56 Å². The third-order valence-corrected chi connectivity index (χ3v) is 5.36. The number of hydrogen-bond donors (Lipinski definition) is 1. The van der Waals surface area contributed by atoms with Crippen LogP contribution in [0.2, 0.25) is 0 Å². The zero-order valence-corrected chi connectivity index (χ0v) is 16.3. The average Bonchev–Trinajstić information content (AvgIpc) is 3.22. The number of nitrogens with two attached hydrogens (primary N) is 1. The number of nitrogens with zero attached hydrogens (tertiary/aromatic N) is 2. The van der Waals surface area contributed by atoms with Gasteiger partial charge in [-0.3, -0.25) is 14.5 Å². The fraction of sp³-hybridized carbons (Fsp3) is 0.250. The van der Waals surface area contributed by atoms with Crippen molar-refractivity contribution in [2.45, 2.75) is 12.6 Å². The van der Waals surface area contributed by atoms with Gasteiger partial charge < -0.3 is 20.1 Å². The molecule has 2 N–H and O–H groups in total. The molecular formula is C20H19N3O5S. The quantitative estimate of drug-likeness (QED) is 0.727. The van der Waals surface area contributed by atoms with Gasteiger partial charge >= 0.3 is 6.09 Å². The second-order valence-corrected chi connectivity index (χ2v) is 7.77. The summed E-state index contributed by atoms with van der Waals surface area (Å²) >= 11 is 0.735. The van der Waals surface area contributed by atoms with Crippen LogP contribution in [0.3, 0.4) is 0 Å². The van der Waals surface area contributed by atoms with Crippen LogP contribution in [0.15, 0.2) is 48.5 Å². The van der Waals surface area contributed by atoms with Crippen molar-refractivity contribution in [2.75, 3.05) is 30.3 Å². The maximum atomic E-state index is 12.1. The molecule has 8 nitrogen and oxygen atoms in total. The summed E-state index contributed by atoms with van der Waals surface area (Å²) in [5.74, 6) is 0.607. The number of amides is 2. The summed E-state index contributed by atoms with van der Waals surface area (Å²) in [6, 6.07) is 14.3. The van der Waals surface area contributed by atoms with Crippen LogP contribution >= 0.6 is 11.8 Å². The topological polar surface area (TPSA) is 102 Å². The fourth-order valence-electron chi connectivity index (χ4n) is 3.15. The Morgan fingerprint density at radius 2 is 1.93 bits per heavy atom. The molecule has 0 bridgehead atoms. The number of benzene rings is 2. The minimum Gasteiger partial charge on any atom is -0.490 e. The number of thioether (sulfide) groups is 1. The number of anilines is 2. The van der Waals surface area contributed by atoms with E-state index < -0.39 is 12.2 Å². The van der Waals surface area contributed by atoms with Gasteiger partial charge in [-0.1, -0.05) is 12.1 Å². The lowest BCUT2D eigenvalue weighted by Crippen LogP contribution is -2.26. The highest BCUT2D eigenvalue weighted by Crippen LogP contribution is 2.25. The molecule has 1 unspecified atom stereocenters. The molecule has 0 aromatic heterocycles. The number of nitrogen functional groups attached to an aromatic ring is 1. The first-order valence-corrected chi connectivity index (χ1v) is 9.84. The Kier molecular flexibility index (Phi) is 5.30. The molecule has 2 aliphatic rings. The van der Waals surface area contributed by atoms with Crippen molar-refractivity contribution in [2.24, 2.45) is 0 Å². The van der Waals surface area contributed by atoms with Crippen molar-refractivity contribution in [1.29, 1.82) is 0 Å². The van der Waals surface area contributed by atoms with Gasteiger partial charge in [0.05, 0.1) is 13.1 Å². The predicted octanol–water partition coefficient (Wildman–Crippen LogP) is 2.87. The smallest absolute Gasteiger partial charge is 0.414 e. The molecule has 2 aromatic rings. The van der Waals surface area contributed by atoms with E-state index in [-0.39, 0.29) is 23.5 Å². The highest BCUT2D eigenvalue weighted by Gasteiger charge is 2.33. The van der Waals surface area contributed by atoms with Gasteiger partial charge in [0.2, 0.25) is 5.12 Å². The van der Waals surface area contributed by atoms with Crippen LogP contribution in [0, 0.1) is 0 Å². The van der Waals surface area contributed by atoms with Crippen LogP contribution in [-0.2, 0) is 16.1 Å². The molecule has 2 fully saturated rings. The molecule has 1 atom stereocenters. The monoisotopic (exact) mass is 413 g/mol. The molecule has 2 heterocycles. The van der Waals surface area contributed by atoms with Gasteiger partial charge in [-0.15, -0.1) is 0 Å². The maximum absolute atomic E-state index is 12.1. The van der Waals surface area contributed by atoms with Crippen LogP contribution < -0.4 is 15.4 Å². The average molecular weight is 413 g/mol. The number of carbonyl (C=O) groups is 3. The van der Waals surface area contributed by atoms with Gasteiger partial charge in [0.1, 0.15) is 12.4 Å². The second kappa shape index (κ2) is 8.04. The lowest BCUT2D eigenvalue weighted by atomic mass is 10.2. The molecule has 150 valence electrons. The number of cyclic esters (lactones) is 1. The summed E-state index contributed by atoms with van der Waals surface area (Å²) in [7, 11) is 0. The van der Waals surface area contributed by atoms with Crippen molar-refractivity contribution in [3.05, 3.63) is 54.1 Å². The van der Waals surface area contributed by atoms with E-state index in [1.807, 2.05) is 18.2 Å². The Balaban J connectivity index is 1.33. The molecule has 4 rings (SSSR count). The molecule has 2 saturated heterocycles. The van der Waals surface area contributed by atoms with Crippen molar-refractivity contribution in [1.82, 2.24) is 4.90 Å². The molecule has 2 aliphatic heterocycles. The standard InChI is InChI=1S/C20H19N3O5S/c21-14-4-6-15(7-5-14)23-10-17(28-19(23)25)12-27-16-3-1-2-13(8-16)9-22-11-18(24)29-20(22)26/h1-8,17H,9-12,21H2. The van der Waals surface area contributed by atoms with E-state index >= 15 is 0 Å². The highest BCUT2D eigenvalue weighted by atomic mass is 32.2. The zero-order chi connectivity index (χ0) is 20.4. The van der Waals surface area contributed by atoms with E-state index in [0.29, 0.717) is 24.5 Å². The number of ether oxygens (including phenoxy) is 2. The van der Waals surface area contributed by atoms with E-state index in [0.717, 1.165) is 23.0 Å². The lowest BCUT2D eigenvalue weighted by Gasteiger charge is -2.15. The molecule has 0 saturated carbocycles. The van der Waals surface area contributed by atoms with Crippen LogP contribution in [-0.4, -0.2) is 47.1 Å². The molecule has 2 aromatic carbocycles. The first-order chi connectivity index (χ1) is 14.0. The Morgan fingerprint density at radius 3 is 2.66 bits per heavy atom. The molecule has 0 aliphatic carbocycles. The number of carbonyl (C=O) groups excluding carboxylic acids is 3. The van der Waals surface area contributed by atoms with Gasteiger partial charge in [0.25, 0.3) is 5.24 Å². The largest absolute Gasteiger partial charge is 0.490 e. The van der Waals surface area contributed by atoms with E-state index in [1.54, 1.807) is 30.3 Å². The van der Waals surface area contributed by atoms with Gasteiger partial charge in [0.15, 0.2) is 6.10 Å². The van der Waals surface area contributed by atoms with Crippen molar-refractivity contribution in [3.63, 3.8) is 0 Å². The summed E-state index contributed by atoms with van der Waals surface area (Å²) in [4.78, 5) is 38.3. The Bertz CT molecular complexity index is 949. The van der Waals surface area contributed by atoms with Gasteiger partial charge in [-0.2, -0.15) is 0 Å². The molecule has 0 radical (unpaired) electrons. The van der Waals surface area contributed by atoms with Crippen LogP contribution in [0.4, 0.5) is 21.0 Å². The third-order valence-electron chi connectivity index (χ3n) is 4.57. The molecule has 9 heteroatoms. The van der Waals surface area contributed by atoms with E-state index in [9.17, 15) is 14.4 Å². The van der Waals surface area contributed by atoms with E-state index in [4.69, 9.17) is 15.2 Å². The Labute approximate surface area is 171 Å². The van der Waals surface area contributed by atoms with Crippen molar-refractivity contribution in [3.8, 4) is 5.75 Å². The SMILES string of the molecule is Nc1ccc(N2CC(COc3cccc(CN4CC(=O)SC4=O)c3)OC2=O)cc1. The number of hydrogen-bond acceptors (Lipinski definition) is 7. The summed E-state index contributed by atoms with van der Waals surface area (Å²) in [5.41, 5.74) is 7.89. The van der Waals surface area contributed by atoms with Gasteiger partial charge in [-0.05, 0) is 42.0 Å². The highest BCUT2D eigenvalue weighted by molar-refractivity contribution is 8.26. The lowest BCUT2D eigenvalue weighted by molar-refractivity contribution is -0.110. The van der Waals surface area contributed by atoms with Gasteiger partial charge in [0, 0.05) is 29.7 Å². The number of rotatable bonds is 6. The van der Waals surface area contributed by atoms with Crippen molar-refractivity contribution >= 4 is 39.6 Å². The van der Waals surface area contributed by atoms with Crippen LogP contribution in [0.5, 0.6) is 5.75 Å². The van der Waals surface area contributed by atoms with Gasteiger partial charge in [-0.25, -0.2) is 4.79 Å². The minimum atomic E-state index is -0.424. The van der Waals surface area contributed by atoms with E-state index in [1.165, 1.54) is 9.80 Å². The first kappa shape index (κ1) is 19.1. The first-order valence-electron chi connectivity index (χ1n) is 9.03. The molecule has 2 amide bonds. The summed E-state index contributed by atoms with van der Waals surface area (Å²) in [6.45, 7) is 1.05. The fourth-order valence-corrected chi connectivity index (χ4v) is 3.83. The Hall–Kier alpha value is -3.20. The Morgan fingerprint density at radius 1 is 1.14 bits per heavy atom. The molecular weight excluding hydrogens is 394 g/mol. The molecule has 29 heavy (non-hydrogen) atoms. The molecule has 0 spiro atoms. The zero-order valence-electron chi connectivity index (χ0n) is 15.4. The normalized spacial score (nSPS) is 19.0. The second-order valence-electron chi connectivity index (χ2n) is 6.76. The van der Waals surface area contributed by atoms with Crippen molar-refractivity contribution < 1.29 is 23.9 Å².